The molecule has 2 aliphatic heterocycles. The maximum atomic E-state index is 12.3. The normalized spacial score (nSPS) is 14.0. The molecule has 0 aromatic heterocycles. The molecule has 0 saturated heterocycles. The number of phenols is 2. The number of Topliss-reactive ketones (excluding diaryl/α,β-unsaturated/α-hetero) is 1. The molecule has 2 aliphatic rings. The van der Waals surface area contributed by atoms with E-state index >= 15 is 0 Å². The zero-order chi connectivity index (χ0) is 39.0. The van der Waals surface area contributed by atoms with Crippen LogP contribution >= 0.6 is 37.2 Å². The van der Waals surface area contributed by atoms with Gasteiger partial charge in [0.1, 0.15) is 21.3 Å². The van der Waals surface area contributed by atoms with Gasteiger partial charge in [-0.05, 0) is 80.3 Å². The minimum absolute atomic E-state index is 0.0491. The number of halogens is 2. The fraction of sp³-hybridized carbons (Fsp3) is 0.200. The van der Waals surface area contributed by atoms with Gasteiger partial charge in [0.25, 0.3) is 20.0 Å². The molecule has 0 unspecified atom stereocenters. The Kier molecular flexibility index (Phi) is 17.1. The van der Waals surface area contributed by atoms with Crippen LogP contribution in [0.2, 0.25) is 0 Å². The molecule has 0 amide bonds. The molecule has 53 heavy (non-hydrogen) atoms. The lowest BCUT2D eigenvalue weighted by molar-refractivity contribution is -0.135. The fourth-order valence-corrected chi connectivity index (χ4v) is 7.04. The molecule has 0 bridgehead atoms. The van der Waals surface area contributed by atoms with Gasteiger partial charge >= 0.3 is 5.97 Å². The van der Waals surface area contributed by atoms with Gasteiger partial charge in [-0.2, -0.15) is 16.8 Å². The minimum Gasteiger partial charge on any atom is -0.508 e. The van der Waals surface area contributed by atoms with E-state index in [1.807, 2.05) is 18.2 Å². The van der Waals surface area contributed by atoms with Crippen LogP contribution in [0.15, 0.2) is 116 Å². The molecule has 0 fully saturated rings. The highest BCUT2D eigenvalue weighted by atomic mass is 128. The first-order valence-corrected chi connectivity index (χ1v) is 25.0. The van der Waals surface area contributed by atoms with Crippen LogP contribution in [0.4, 0.5) is 11.4 Å². The van der Waals surface area contributed by atoms with Crippen LogP contribution in [0, 0.1) is 0 Å². The number of aryl methyl sites for hydroxylation is 1. The topological polar surface area (TPSA) is 227 Å². The first-order valence-electron chi connectivity index (χ1n) is 15.9. The van der Waals surface area contributed by atoms with Crippen LogP contribution in [-0.4, -0.2) is 63.6 Å². The molecule has 6 N–H and O–H groups in total. The molecule has 4 aromatic carbocycles. The van der Waals surface area contributed by atoms with Crippen molar-refractivity contribution < 1.29 is 41.4 Å². The van der Waals surface area contributed by atoms with E-state index in [1.165, 1.54) is 12.1 Å². The molecule has 2 heterocycles. The Bertz CT molecular complexity index is 2180. The van der Waals surface area contributed by atoms with Gasteiger partial charge in [-0.15, -0.1) is 8.80 Å². The third kappa shape index (κ3) is 12.5. The van der Waals surface area contributed by atoms with Crippen molar-refractivity contribution in [3.05, 3.63) is 108 Å². The Labute approximate surface area is 331 Å². The van der Waals surface area contributed by atoms with E-state index in [4.69, 9.17) is 10.5 Å². The van der Waals surface area contributed by atoms with Crippen LogP contribution in [0.25, 0.3) is 0 Å². The summed E-state index contributed by atoms with van der Waals surface area (Å²) in [5, 5.41) is 24.3. The van der Waals surface area contributed by atoms with E-state index in [9.17, 15) is 36.6 Å². The van der Waals surface area contributed by atoms with Crippen LogP contribution in [0.5, 0.6) is 11.5 Å². The number of ketones is 1. The van der Waals surface area contributed by atoms with E-state index in [0.717, 1.165) is 17.5 Å². The Balaban J connectivity index is 0.000000227. The first-order chi connectivity index (χ1) is 25.4. The summed E-state index contributed by atoms with van der Waals surface area (Å²) in [5.41, 5.74) is 7.67. The summed E-state index contributed by atoms with van der Waals surface area (Å²) in [4.78, 5) is 23.8. The number of carbonyl (C=O) groups excluding carboxylic acids is 2. The van der Waals surface area contributed by atoms with Gasteiger partial charge in [-0.25, -0.2) is 4.79 Å². The number of nitrogens with one attached hydrogen (secondary N) is 2. The summed E-state index contributed by atoms with van der Waals surface area (Å²) in [6.45, 7) is 2.36. The number of benzene rings is 4. The molecule has 6 rings (SSSR count). The Morgan fingerprint density at radius 2 is 1.13 bits per heavy atom. The lowest BCUT2D eigenvalue weighted by Crippen LogP contribution is -2.30. The number of amidine groups is 2. The summed E-state index contributed by atoms with van der Waals surface area (Å²) >= 11 is 4.24. The molecule has 0 radical (unpaired) electrons. The number of sulfonamides is 2. The number of fused-ring (bicyclic) bond motifs is 2. The molecule has 0 aliphatic carbocycles. The summed E-state index contributed by atoms with van der Waals surface area (Å²) in [6, 6.07) is 26.7. The predicted molar refractivity (Wildman–Crippen MR) is 221 cm³/mol. The zero-order valence-electron chi connectivity index (χ0n) is 28.3. The van der Waals surface area contributed by atoms with Crippen molar-refractivity contribution in [2.75, 3.05) is 23.8 Å². The summed E-state index contributed by atoms with van der Waals surface area (Å²) in [6.07, 6.45) is 1.89. The number of nitrogens with zero attached hydrogens (tertiary/aromatic N) is 2. The van der Waals surface area contributed by atoms with Crippen LogP contribution in [0.1, 0.15) is 30.9 Å². The lowest BCUT2D eigenvalue weighted by Gasteiger charge is -2.17. The largest absolute Gasteiger partial charge is 0.508 e. The van der Waals surface area contributed by atoms with Gasteiger partial charge in [0.15, 0.2) is 11.6 Å². The number of rotatable bonds is 9. The number of para-hydroxylation sites is 4. The number of esters is 1. The number of anilines is 2. The van der Waals surface area contributed by atoms with Gasteiger partial charge < -0.3 is 31.3 Å². The van der Waals surface area contributed by atoms with Gasteiger partial charge in [0, 0.05) is 43.7 Å². The molecule has 4 aromatic rings. The van der Waals surface area contributed by atoms with Gasteiger partial charge in [0.05, 0.1) is 18.0 Å². The van der Waals surface area contributed by atoms with E-state index in [0.29, 0.717) is 36.5 Å². The van der Waals surface area contributed by atoms with Crippen molar-refractivity contribution >= 4 is 92.1 Å². The number of hydrogen-bond donors (Lipinski definition) is 5. The predicted octanol–water partition coefficient (Wildman–Crippen LogP) is 5.92. The number of nitrogens with two attached hydrogens (primary N) is 1. The monoisotopic (exact) mass is 989 g/mol. The van der Waals surface area contributed by atoms with Crippen LogP contribution in [0.3, 0.4) is 0 Å². The summed E-state index contributed by atoms with van der Waals surface area (Å²) in [7, 11) is -7.69. The van der Waals surface area contributed by atoms with Crippen LogP contribution < -0.4 is 16.4 Å². The van der Waals surface area contributed by atoms with Crippen molar-refractivity contribution in [1.82, 2.24) is 0 Å². The lowest BCUT2D eigenvalue weighted by atomic mass is 10.1. The highest BCUT2D eigenvalue weighted by molar-refractivity contribution is 15.0. The molecule has 0 spiro atoms. The fourth-order valence-electron chi connectivity index (χ4n) is 4.80. The minimum atomic E-state index is -3.86. The van der Waals surface area contributed by atoms with E-state index < -0.39 is 26.0 Å². The van der Waals surface area contributed by atoms with Crippen molar-refractivity contribution in [3.8, 4) is 11.5 Å². The highest BCUT2D eigenvalue weighted by Gasteiger charge is 2.29. The summed E-state index contributed by atoms with van der Waals surface area (Å²) in [5.74, 6) is -1.10. The quantitative estimate of drug-likeness (QED) is 0.0973. The second kappa shape index (κ2) is 20.9. The highest BCUT2D eigenvalue weighted by Crippen LogP contribution is 2.28. The van der Waals surface area contributed by atoms with Crippen molar-refractivity contribution in [2.24, 2.45) is 14.5 Å². The molecule has 14 nitrogen and oxygen atoms in total. The maximum Gasteiger partial charge on any atom is 0.375 e. The molecule has 282 valence electrons. The van der Waals surface area contributed by atoms with Crippen molar-refractivity contribution in [1.29, 1.82) is 0 Å². The molecule has 0 saturated carbocycles. The van der Waals surface area contributed by atoms with Crippen molar-refractivity contribution in [2.45, 2.75) is 42.4 Å². The smallest absolute Gasteiger partial charge is 0.375 e. The average Bonchev–Trinajstić information content (AvgIpc) is 3.14. The SMILES string of the molecule is CCOC(=O)C1=NS(=O)(=O)c2ccccc2N1.II.NCCc1ccccc1O.O=C(CCCc1ccccc1O)C1=NS(=O)(=O)c2ccccc2N1. The third-order valence-corrected chi connectivity index (χ3v) is 9.91. The Morgan fingerprint density at radius 3 is 1.62 bits per heavy atom. The number of phenolic OH excluding ortho intramolecular Hbond substituents is 2. The van der Waals surface area contributed by atoms with Crippen LogP contribution in [-0.2, 0) is 47.2 Å². The maximum absolute atomic E-state index is 12.3. The van der Waals surface area contributed by atoms with Gasteiger partial charge in [0.2, 0.25) is 5.84 Å². The van der Waals surface area contributed by atoms with E-state index in [2.05, 4.69) is 56.7 Å². The number of hydrogen-bond acceptors (Lipinski definition) is 12. The second-order valence-corrected chi connectivity index (χ2v) is 14.0. The first kappa shape index (κ1) is 43.3. The number of aromatic hydroxyl groups is 2. The zero-order valence-corrected chi connectivity index (χ0v) is 34.2. The van der Waals surface area contributed by atoms with Crippen molar-refractivity contribution in [3.63, 3.8) is 0 Å². The molecular formula is C35H37I2N5O9S2. The Morgan fingerprint density at radius 1 is 0.698 bits per heavy atom. The third-order valence-electron chi connectivity index (χ3n) is 7.24. The summed E-state index contributed by atoms with van der Waals surface area (Å²) < 4.78 is 59.4. The molecule has 18 heteroatoms. The molecule has 0 atom stereocenters. The standard InChI is InChI=1S/C17H16N2O4S.C10H10N2O4S.C8H11NO.I2/c20-14-9-3-1-6-12(14)7-5-10-15(21)17-18-13-8-2-4-11-16(13)24(22,23)19-17;1-2-16-10(13)9-11-7-5-3-4-6-8(7)17(14,15)12-9;9-6-5-7-3-1-2-4-8(7)10;1-2/h1-4,6,8-9,11,20H,5,7,10H2,(H,18,19);3-6H,2H2,1H3,(H,11,12);1-4,10H,5-6,9H2;. The average molecular weight is 990 g/mol. The van der Waals surface area contributed by atoms with Gasteiger partial charge in [-0.3, -0.25) is 4.79 Å². The molecular weight excluding hydrogens is 952 g/mol. The number of ether oxygens (including phenoxy) is 1. The second-order valence-electron chi connectivity index (χ2n) is 10.9. The number of carbonyl (C=O) groups is 2. The van der Waals surface area contributed by atoms with Gasteiger partial charge in [-0.1, -0.05) is 60.7 Å². The Hall–Kier alpha value is -4.12. The van der Waals surface area contributed by atoms with E-state index in [1.54, 1.807) is 73.7 Å². The van der Waals surface area contributed by atoms with E-state index in [-0.39, 0.29) is 46.0 Å².